The van der Waals surface area contributed by atoms with Gasteiger partial charge in [0.05, 0.1) is 0 Å². The fourth-order valence-corrected chi connectivity index (χ4v) is 1.13. The van der Waals surface area contributed by atoms with Crippen molar-refractivity contribution >= 4 is 45.1 Å². The maximum absolute atomic E-state index is 5.53. The van der Waals surface area contributed by atoms with Gasteiger partial charge in [-0.2, -0.15) is 15.0 Å². The number of hydrogen-bond acceptors (Lipinski definition) is 4. The van der Waals surface area contributed by atoms with Crippen molar-refractivity contribution in [1.82, 2.24) is 15.0 Å². The van der Waals surface area contributed by atoms with Gasteiger partial charge in [-0.25, -0.2) is 0 Å². The molecule has 1 aromatic heterocycles. The summed E-state index contributed by atoms with van der Waals surface area (Å²) in [6, 6.07) is 0. The van der Waals surface area contributed by atoms with Gasteiger partial charge in [0.15, 0.2) is 0 Å². The standard InChI is InChI=1S/C5H5BrCl2N4/c6-1-2-9-5-11-3(7)10-4(8)12-5/h1-2H2,(H,9,10,11,12). The Balaban J connectivity index is 2.72. The Bertz CT molecular complexity index is 249. The summed E-state index contributed by atoms with van der Waals surface area (Å²) in [7, 11) is 0. The topological polar surface area (TPSA) is 50.7 Å². The number of aromatic nitrogens is 3. The van der Waals surface area contributed by atoms with Gasteiger partial charge in [0.1, 0.15) is 0 Å². The van der Waals surface area contributed by atoms with Crippen LogP contribution in [0.1, 0.15) is 0 Å². The molecule has 0 unspecified atom stereocenters. The van der Waals surface area contributed by atoms with Gasteiger partial charge in [-0.1, -0.05) is 15.9 Å². The van der Waals surface area contributed by atoms with Crippen LogP contribution in [0.5, 0.6) is 0 Å². The molecule has 0 bridgehead atoms. The molecule has 0 atom stereocenters. The van der Waals surface area contributed by atoms with Crippen LogP contribution in [0, 0.1) is 0 Å². The number of nitrogens with one attached hydrogen (secondary N) is 1. The Morgan fingerprint density at radius 3 is 2.25 bits per heavy atom. The summed E-state index contributed by atoms with van der Waals surface area (Å²) >= 11 is 14.3. The smallest absolute Gasteiger partial charge is 0.228 e. The lowest BCUT2D eigenvalue weighted by Crippen LogP contribution is -2.06. The second-order valence-electron chi connectivity index (χ2n) is 1.81. The van der Waals surface area contributed by atoms with E-state index in [2.05, 4.69) is 36.2 Å². The summed E-state index contributed by atoms with van der Waals surface area (Å²) in [5.41, 5.74) is 0. The van der Waals surface area contributed by atoms with Gasteiger partial charge in [0, 0.05) is 11.9 Å². The van der Waals surface area contributed by atoms with Gasteiger partial charge < -0.3 is 5.32 Å². The van der Waals surface area contributed by atoms with Crippen LogP contribution in [0.15, 0.2) is 0 Å². The maximum Gasteiger partial charge on any atom is 0.228 e. The van der Waals surface area contributed by atoms with Crippen LogP contribution in [0.4, 0.5) is 5.95 Å². The minimum atomic E-state index is 0.0899. The third-order valence-electron chi connectivity index (χ3n) is 0.958. The van der Waals surface area contributed by atoms with E-state index >= 15 is 0 Å². The third-order valence-corrected chi connectivity index (χ3v) is 1.69. The maximum atomic E-state index is 5.53. The lowest BCUT2D eigenvalue weighted by atomic mass is 10.7. The van der Waals surface area contributed by atoms with E-state index in [1.54, 1.807) is 0 Å². The van der Waals surface area contributed by atoms with Crippen LogP contribution in [-0.4, -0.2) is 26.8 Å². The van der Waals surface area contributed by atoms with E-state index < -0.39 is 0 Å². The normalized spacial score (nSPS) is 9.92. The molecule has 66 valence electrons. The minimum Gasteiger partial charge on any atom is -0.353 e. The van der Waals surface area contributed by atoms with E-state index in [0.29, 0.717) is 12.5 Å². The summed E-state index contributed by atoms with van der Waals surface area (Å²) in [6.45, 7) is 0.705. The molecule has 0 amide bonds. The van der Waals surface area contributed by atoms with Crippen LogP contribution in [0.2, 0.25) is 10.6 Å². The first-order chi connectivity index (χ1) is 5.72. The van der Waals surface area contributed by atoms with Gasteiger partial charge in [0.2, 0.25) is 16.5 Å². The van der Waals surface area contributed by atoms with Gasteiger partial charge in [-0.15, -0.1) is 0 Å². The lowest BCUT2D eigenvalue weighted by Gasteiger charge is -2.01. The van der Waals surface area contributed by atoms with Crippen molar-refractivity contribution in [2.45, 2.75) is 0 Å². The number of hydrogen-bond donors (Lipinski definition) is 1. The first-order valence-corrected chi connectivity index (χ1v) is 4.97. The predicted molar refractivity (Wildman–Crippen MR) is 52.1 cm³/mol. The summed E-state index contributed by atoms with van der Waals surface area (Å²) in [4.78, 5) is 11.2. The highest BCUT2D eigenvalue weighted by Crippen LogP contribution is 2.08. The minimum absolute atomic E-state index is 0.0899. The van der Waals surface area contributed by atoms with Crippen molar-refractivity contribution in [3.8, 4) is 0 Å². The molecule has 0 saturated carbocycles. The van der Waals surface area contributed by atoms with Crippen molar-refractivity contribution in [2.24, 2.45) is 0 Å². The van der Waals surface area contributed by atoms with E-state index in [-0.39, 0.29) is 10.6 Å². The van der Waals surface area contributed by atoms with Crippen molar-refractivity contribution in [2.75, 3.05) is 17.2 Å². The summed E-state index contributed by atoms with van der Waals surface area (Å²) in [5.74, 6) is 0.388. The van der Waals surface area contributed by atoms with Gasteiger partial charge in [-0.05, 0) is 23.2 Å². The summed E-state index contributed by atoms with van der Waals surface area (Å²) < 4.78 is 0. The Hall–Kier alpha value is -0.130. The van der Waals surface area contributed by atoms with E-state index in [4.69, 9.17) is 23.2 Å². The zero-order valence-electron chi connectivity index (χ0n) is 5.89. The van der Waals surface area contributed by atoms with Crippen molar-refractivity contribution in [3.63, 3.8) is 0 Å². The third kappa shape index (κ3) is 3.08. The molecule has 0 saturated heterocycles. The molecule has 0 aliphatic rings. The average Bonchev–Trinajstić information content (AvgIpc) is 1.99. The number of rotatable bonds is 3. The van der Waals surface area contributed by atoms with E-state index in [9.17, 15) is 0 Å². The largest absolute Gasteiger partial charge is 0.353 e. The zero-order chi connectivity index (χ0) is 8.97. The Morgan fingerprint density at radius 2 is 1.75 bits per heavy atom. The molecule has 0 aliphatic carbocycles. The molecular formula is C5H5BrCl2N4. The van der Waals surface area contributed by atoms with E-state index in [1.165, 1.54) is 0 Å². The van der Waals surface area contributed by atoms with Crippen molar-refractivity contribution in [1.29, 1.82) is 0 Å². The van der Waals surface area contributed by atoms with Gasteiger partial charge in [0.25, 0.3) is 0 Å². The highest BCUT2D eigenvalue weighted by Gasteiger charge is 2.00. The second kappa shape index (κ2) is 4.79. The highest BCUT2D eigenvalue weighted by atomic mass is 79.9. The molecule has 7 heteroatoms. The van der Waals surface area contributed by atoms with Gasteiger partial charge >= 0.3 is 0 Å². The lowest BCUT2D eigenvalue weighted by molar-refractivity contribution is 1.02. The molecule has 0 spiro atoms. The molecule has 0 aromatic carbocycles. The predicted octanol–water partition coefficient (Wildman–Crippen LogP) is 1.99. The van der Waals surface area contributed by atoms with Crippen molar-refractivity contribution < 1.29 is 0 Å². The van der Waals surface area contributed by atoms with Crippen LogP contribution in [0.3, 0.4) is 0 Å². The summed E-state index contributed by atoms with van der Waals surface area (Å²) in [5, 5.41) is 3.88. The quantitative estimate of drug-likeness (QED) is 0.855. The average molecular weight is 272 g/mol. The Kier molecular flexibility index (Phi) is 3.97. The fraction of sp³-hybridized carbons (Fsp3) is 0.400. The number of alkyl halides is 1. The molecule has 1 N–H and O–H groups in total. The molecule has 0 radical (unpaired) electrons. The molecule has 1 rings (SSSR count). The molecule has 0 aliphatic heterocycles. The van der Waals surface area contributed by atoms with Crippen LogP contribution >= 0.6 is 39.1 Å². The Morgan fingerprint density at radius 1 is 1.17 bits per heavy atom. The second-order valence-corrected chi connectivity index (χ2v) is 3.28. The molecule has 1 aromatic rings. The van der Waals surface area contributed by atoms with Crippen LogP contribution in [-0.2, 0) is 0 Å². The number of anilines is 1. The Labute approximate surface area is 87.8 Å². The monoisotopic (exact) mass is 270 g/mol. The van der Waals surface area contributed by atoms with E-state index in [0.717, 1.165) is 5.33 Å². The first kappa shape index (κ1) is 9.95. The first-order valence-electron chi connectivity index (χ1n) is 3.09. The molecule has 0 fully saturated rings. The number of halogens is 3. The van der Waals surface area contributed by atoms with Crippen LogP contribution < -0.4 is 5.32 Å². The fourth-order valence-electron chi connectivity index (χ4n) is 0.564. The van der Waals surface area contributed by atoms with Crippen molar-refractivity contribution in [3.05, 3.63) is 10.6 Å². The molecule has 12 heavy (non-hydrogen) atoms. The zero-order valence-corrected chi connectivity index (χ0v) is 8.99. The molecular weight excluding hydrogens is 267 g/mol. The molecule has 4 nitrogen and oxygen atoms in total. The summed E-state index contributed by atoms with van der Waals surface area (Å²) in [6.07, 6.45) is 0. The van der Waals surface area contributed by atoms with E-state index in [1.807, 2.05) is 0 Å². The molecule has 1 heterocycles. The van der Waals surface area contributed by atoms with Crippen LogP contribution in [0.25, 0.3) is 0 Å². The van der Waals surface area contributed by atoms with Gasteiger partial charge in [-0.3, -0.25) is 0 Å². The highest BCUT2D eigenvalue weighted by molar-refractivity contribution is 9.09. The SMILES string of the molecule is Clc1nc(Cl)nc(NCCBr)n1. The number of nitrogens with zero attached hydrogens (tertiary/aromatic N) is 3.